The Labute approximate surface area is 218 Å². The summed E-state index contributed by atoms with van der Waals surface area (Å²) in [4.78, 5) is 37.3. The van der Waals surface area contributed by atoms with E-state index in [2.05, 4.69) is 31.1 Å². The van der Waals surface area contributed by atoms with Crippen molar-refractivity contribution in [3.8, 4) is 5.75 Å². The molecule has 0 fully saturated rings. The van der Waals surface area contributed by atoms with E-state index in [-0.39, 0.29) is 24.2 Å². The summed E-state index contributed by atoms with van der Waals surface area (Å²) < 4.78 is 5.73. The molecule has 0 spiro atoms. The predicted octanol–water partition coefficient (Wildman–Crippen LogP) is 4.13. The molecule has 0 saturated carbocycles. The van der Waals surface area contributed by atoms with E-state index in [0.717, 1.165) is 25.8 Å². The van der Waals surface area contributed by atoms with Crippen molar-refractivity contribution in [3.05, 3.63) is 53.4 Å². The standard InChI is InChI=1S/C16H20ClNO2.C10H17N3O3/c1-11(2)8-12(3)18-10-13(9-16(18)19)20-15-7-5-4-6-14(15)17;11-9(13-8-14)5-7-12-6-3-1-2-4-10(15)16/h4-7,9,11-12H,8,10H2,1-3H3;5,7-8,12H,1-4,6H2,(H,15,16)(H2,11,13,14)/b;7-5-. The number of carboxylic acid groups (broad SMARTS) is 1. The lowest BCUT2D eigenvalue weighted by molar-refractivity contribution is -0.137. The molecule has 1 aliphatic heterocycles. The molecule has 1 atom stereocenters. The Balaban J connectivity index is 0.000000371. The summed E-state index contributed by atoms with van der Waals surface area (Å²) in [6.45, 7) is 7.64. The Morgan fingerprint density at radius 3 is 2.64 bits per heavy atom. The summed E-state index contributed by atoms with van der Waals surface area (Å²) in [5, 5.41) is 11.9. The number of unbranched alkanes of at least 4 members (excludes halogenated alkanes) is 2. The number of carbonyl (C=O) groups excluding carboxylic acids is 2. The second-order valence-electron chi connectivity index (χ2n) is 8.74. The molecule has 1 unspecified atom stereocenters. The smallest absolute Gasteiger partial charge is 0.303 e. The maximum Gasteiger partial charge on any atom is 0.303 e. The molecule has 1 aliphatic rings. The van der Waals surface area contributed by atoms with Gasteiger partial charge >= 0.3 is 5.97 Å². The minimum Gasteiger partial charge on any atom is -0.481 e. The number of aliphatic imine (C=N–C) groups is 1. The SMILES string of the molecule is CC(C)CC(C)N1CC(Oc2ccccc2Cl)=CC1=O.NC(/C=C\NCCCCCC(=O)O)=NC=O. The lowest BCUT2D eigenvalue weighted by atomic mass is 10.0. The van der Waals surface area contributed by atoms with Crippen molar-refractivity contribution in [2.45, 2.75) is 58.9 Å². The van der Waals surface area contributed by atoms with Gasteiger partial charge in [-0.1, -0.05) is 44.0 Å². The number of nitrogens with two attached hydrogens (primary N) is 1. The van der Waals surface area contributed by atoms with Gasteiger partial charge in [-0.2, -0.15) is 4.99 Å². The van der Waals surface area contributed by atoms with E-state index >= 15 is 0 Å². The van der Waals surface area contributed by atoms with E-state index in [1.54, 1.807) is 24.4 Å². The molecular formula is C26H37ClN4O5. The van der Waals surface area contributed by atoms with Gasteiger partial charge in [0.25, 0.3) is 5.91 Å². The number of amidine groups is 1. The van der Waals surface area contributed by atoms with Crippen molar-refractivity contribution in [2.24, 2.45) is 16.6 Å². The topological polar surface area (TPSA) is 134 Å². The summed E-state index contributed by atoms with van der Waals surface area (Å²) >= 11 is 6.06. The number of halogens is 1. The lowest BCUT2D eigenvalue weighted by Gasteiger charge is -2.26. The van der Waals surface area contributed by atoms with Gasteiger partial charge in [-0.05, 0) is 50.3 Å². The van der Waals surface area contributed by atoms with Crippen LogP contribution >= 0.6 is 11.6 Å². The number of carbonyl (C=O) groups is 3. The molecule has 0 bridgehead atoms. The van der Waals surface area contributed by atoms with Crippen molar-refractivity contribution in [1.82, 2.24) is 10.2 Å². The number of amides is 2. The summed E-state index contributed by atoms with van der Waals surface area (Å²) in [6.07, 6.45) is 8.69. The molecule has 4 N–H and O–H groups in total. The van der Waals surface area contributed by atoms with Gasteiger partial charge in [-0.15, -0.1) is 0 Å². The van der Waals surface area contributed by atoms with Gasteiger partial charge in [0.05, 0.1) is 11.6 Å². The lowest BCUT2D eigenvalue weighted by Crippen LogP contribution is -2.36. The minimum absolute atomic E-state index is 0.0141. The van der Waals surface area contributed by atoms with Crippen molar-refractivity contribution in [2.75, 3.05) is 13.1 Å². The molecule has 10 heteroatoms. The first-order chi connectivity index (χ1) is 17.1. The first kappa shape index (κ1) is 30.7. The van der Waals surface area contributed by atoms with Gasteiger partial charge in [0.15, 0.2) is 0 Å². The van der Waals surface area contributed by atoms with Crippen LogP contribution in [-0.4, -0.2) is 53.3 Å². The molecule has 1 heterocycles. The Kier molecular flexibility index (Phi) is 14.6. The average molecular weight is 521 g/mol. The number of nitrogens with one attached hydrogen (secondary N) is 1. The fourth-order valence-electron chi connectivity index (χ4n) is 3.44. The van der Waals surface area contributed by atoms with E-state index in [1.807, 2.05) is 17.0 Å². The van der Waals surface area contributed by atoms with Crippen molar-refractivity contribution in [3.63, 3.8) is 0 Å². The zero-order valence-corrected chi connectivity index (χ0v) is 21.9. The minimum atomic E-state index is -0.759. The molecule has 36 heavy (non-hydrogen) atoms. The van der Waals surface area contributed by atoms with Crippen LogP contribution in [0.5, 0.6) is 5.75 Å². The number of rotatable bonds is 14. The number of aliphatic carboxylic acids is 1. The number of hydrogen-bond acceptors (Lipinski definition) is 5. The zero-order chi connectivity index (χ0) is 26.9. The molecule has 9 nitrogen and oxygen atoms in total. The van der Waals surface area contributed by atoms with E-state index in [4.69, 9.17) is 27.2 Å². The Hall–Kier alpha value is -3.33. The monoisotopic (exact) mass is 520 g/mol. The molecule has 0 aliphatic carbocycles. The maximum absolute atomic E-state index is 12.0. The van der Waals surface area contributed by atoms with Crippen LogP contribution in [-0.2, 0) is 14.4 Å². The van der Waals surface area contributed by atoms with E-state index in [0.29, 0.717) is 41.8 Å². The first-order valence-corrected chi connectivity index (χ1v) is 12.3. The third kappa shape index (κ3) is 12.9. The molecule has 0 aromatic heterocycles. The predicted molar refractivity (Wildman–Crippen MR) is 142 cm³/mol. The van der Waals surface area contributed by atoms with Crippen molar-refractivity contribution < 1.29 is 24.2 Å². The fraction of sp³-hybridized carbons (Fsp3) is 0.462. The Bertz CT molecular complexity index is 946. The van der Waals surface area contributed by atoms with Crippen LogP contribution in [0.3, 0.4) is 0 Å². The van der Waals surface area contributed by atoms with Gasteiger partial charge in [-0.3, -0.25) is 14.4 Å². The quantitative estimate of drug-likeness (QED) is 0.145. The van der Waals surface area contributed by atoms with Crippen LogP contribution in [0.1, 0.15) is 52.9 Å². The van der Waals surface area contributed by atoms with Crippen molar-refractivity contribution in [1.29, 1.82) is 0 Å². The number of hydrogen-bond donors (Lipinski definition) is 3. The van der Waals surface area contributed by atoms with E-state index < -0.39 is 5.97 Å². The summed E-state index contributed by atoms with van der Waals surface area (Å²) in [7, 11) is 0. The number of para-hydroxylation sites is 1. The Morgan fingerprint density at radius 2 is 2.00 bits per heavy atom. The van der Waals surface area contributed by atoms with Crippen LogP contribution in [0.25, 0.3) is 0 Å². The molecule has 2 rings (SSSR count). The van der Waals surface area contributed by atoms with Crippen LogP contribution < -0.4 is 15.8 Å². The molecule has 198 valence electrons. The fourth-order valence-corrected chi connectivity index (χ4v) is 3.61. The highest BCUT2D eigenvalue weighted by Gasteiger charge is 2.27. The summed E-state index contributed by atoms with van der Waals surface area (Å²) in [5.41, 5.74) is 5.31. The molecule has 1 aromatic carbocycles. The van der Waals surface area contributed by atoms with Gasteiger partial charge in [-0.25, -0.2) is 0 Å². The number of benzene rings is 1. The average Bonchev–Trinajstić information content (AvgIpc) is 3.17. The first-order valence-electron chi connectivity index (χ1n) is 12.0. The highest BCUT2D eigenvalue weighted by atomic mass is 35.5. The van der Waals surface area contributed by atoms with Gasteiger partial charge < -0.3 is 25.8 Å². The highest BCUT2D eigenvalue weighted by molar-refractivity contribution is 6.32. The third-order valence-corrected chi connectivity index (χ3v) is 5.41. The number of ether oxygens (including phenoxy) is 1. The van der Waals surface area contributed by atoms with Crippen LogP contribution in [0, 0.1) is 5.92 Å². The normalized spacial score (nSPS) is 14.4. The maximum atomic E-state index is 12.0. The second-order valence-corrected chi connectivity index (χ2v) is 9.15. The zero-order valence-electron chi connectivity index (χ0n) is 21.2. The van der Waals surface area contributed by atoms with Crippen molar-refractivity contribution >= 4 is 35.7 Å². The molecule has 1 aromatic rings. The summed E-state index contributed by atoms with van der Waals surface area (Å²) in [6, 6.07) is 7.49. The van der Waals surface area contributed by atoms with E-state index in [1.165, 1.54) is 6.08 Å². The van der Waals surface area contributed by atoms with Gasteiger partial charge in [0.1, 0.15) is 17.3 Å². The summed E-state index contributed by atoms with van der Waals surface area (Å²) in [5.74, 6) is 1.20. The van der Waals surface area contributed by atoms with Gasteiger partial charge in [0.2, 0.25) is 6.41 Å². The van der Waals surface area contributed by atoms with E-state index in [9.17, 15) is 14.4 Å². The molecule has 0 saturated heterocycles. The van der Waals surface area contributed by atoms with Crippen LogP contribution in [0.15, 0.2) is 53.4 Å². The van der Waals surface area contributed by atoms with Crippen LogP contribution in [0.2, 0.25) is 5.02 Å². The molecular weight excluding hydrogens is 484 g/mol. The third-order valence-electron chi connectivity index (χ3n) is 5.10. The largest absolute Gasteiger partial charge is 0.481 e. The van der Waals surface area contributed by atoms with Crippen LogP contribution in [0.4, 0.5) is 0 Å². The number of carboxylic acids is 1. The number of nitrogens with zero attached hydrogens (tertiary/aromatic N) is 2. The Morgan fingerprint density at radius 1 is 1.28 bits per heavy atom. The second kappa shape index (κ2) is 17.2. The molecule has 2 amide bonds. The van der Waals surface area contributed by atoms with Gasteiger partial charge in [0, 0.05) is 31.3 Å². The molecule has 0 radical (unpaired) electrons. The highest BCUT2D eigenvalue weighted by Crippen LogP contribution is 2.27.